The average molecular weight is 779 g/mol. The molecule has 1 saturated heterocycles. The van der Waals surface area contributed by atoms with E-state index in [2.05, 4.69) is 20.5 Å². The van der Waals surface area contributed by atoms with Gasteiger partial charge in [-0.25, -0.2) is 14.6 Å². The molecule has 1 aliphatic rings. The van der Waals surface area contributed by atoms with Gasteiger partial charge in [-0.05, 0) is 61.4 Å². The van der Waals surface area contributed by atoms with Crippen LogP contribution < -0.4 is 10.6 Å². The number of hydrogen-bond acceptors (Lipinski definition) is 9. The van der Waals surface area contributed by atoms with Crippen molar-refractivity contribution in [2.75, 3.05) is 6.61 Å². The van der Waals surface area contributed by atoms with Gasteiger partial charge in [0.25, 0.3) is 5.91 Å². The lowest BCUT2D eigenvalue weighted by Crippen LogP contribution is -2.52. The number of nitrogens with one attached hydrogen (secondary N) is 3. The highest BCUT2D eigenvalue weighted by Crippen LogP contribution is 2.31. The van der Waals surface area contributed by atoms with E-state index in [4.69, 9.17) is 24.6 Å². The van der Waals surface area contributed by atoms with Gasteiger partial charge in [0.05, 0.1) is 23.5 Å². The van der Waals surface area contributed by atoms with Gasteiger partial charge in [-0.15, -0.1) is 0 Å². The SMILES string of the molecule is CC(C)(/N=C\NC1OC(COC(=O)c2ccccc2)C(N(Cc2ccccc2)Cc2ccccc2)C1OC(=O)c1ccccc1)/C(=N\C=N)NC(=O)c1ccccc1. The standard InChI is InChI=1S/C46H46N6O6/c1-46(2,45(48-31-47)51-41(53)35-22-12-5-13-23-35)50-32-49-42-40(58-44(55)37-26-16-7-17-27-37)39(38(57-42)30-56-43(54)36-24-14-6-15-25-36)52(28-33-18-8-3-9-19-33)29-34-20-10-4-11-21-34/h3-27,31-32,38-40,42H,28-30H2,1-2H3,(H,49,50)(H2,47,48,51,53). The van der Waals surface area contributed by atoms with E-state index in [1.54, 1.807) is 86.6 Å². The van der Waals surface area contributed by atoms with E-state index in [-0.39, 0.29) is 12.4 Å². The molecular formula is C46H46N6O6. The van der Waals surface area contributed by atoms with Crippen LogP contribution in [0.3, 0.4) is 0 Å². The van der Waals surface area contributed by atoms with Crippen LogP contribution >= 0.6 is 0 Å². The van der Waals surface area contributed by atoms with Crippen LogP contribution in [0.25, 0.3) is 0 Å². The van der Waals surface area contributed by atoms with Gasteiger partial charge in [-0.3, -0.25) is 20.1 Å². The van der Waals surface area contributed by atoms with Gasteiger partial charge < -0.3 is 24.8 Å². The maximum Gasteiger partial charge on any atom is 0.338 e. The van der Waals surface area contributed by atoms with Crippen molar-refractivity contribution in [3.8, 4) is 0 Å². The molecule has 4 atom stereocenters. The Morgan fingerprint density at radius 1 is 0.724 bits per heavy atom. The van der Waals surface area contributed by atoms with Gasteiger partial charge in [0.1, 0.15) is 30.4 Å². The molecule has 0 radical (unpaired) electrons. The summed E-state index contributed by atoms with van der Waals surface area (Å²) in [6, 6.07) is 45.3. The van der Waals surface area contributed by atoms with E-state index in [1.165, 1.54) is 6.34 Å². The summed E-state index contributed by atoms with van der Waals surface area (Å²) in [4.78, 5) is 51.2. The van der Waals surface area contributed by atoms with E-state index in [0.29, 0.717) is 29.8 Å². The first kappa shape index (κ1) is 40.9. The molecule has 0 saturated carbocycles. The van der Waals surface area contributed by atoms with Gasteiger partial charge in [0.2, 0.25) is 0 Å². The fourth-order valence-electron chi connectivity index (χ4n) is 6.58. The molecule has 0 bridgehead atoms. The minimum atomic E-state index is -1.14. The quantitative estimate of drug-likeness (QED) is 0.0569. The van der Waals surface area contributed by atoms with Crippen LogP contribution in [0.1, 0.15) is 56.0 Å². The molecule has 12 nitrogen and oxygen atoms in total. The van der Waals surface area contributed by atoms with Crippen LogP contribution in [-0.2, 0) is 27.3 Å². The summed E-state index contributed by atoms with van der Waals surface area (Å²) in [6.07, 6.45) is -0.468. The zero-order chi connectivity index (χ0) is 40.7. The third-order valence-electron chi connectivity index (χ3n) is 9.52. The number of aliphatic imine (C=N–C) groups is 2. The van der Waals surface area contributed by atoms with Crippen LogP contribution in [0.5, 0.6) is 0 Å². The van der Waals surface area contributed by atoms with Crippen LogP contribution in [0.15, 0.2) is 162 Å². The number of benzene rings is 5. The highest BCUT2D eigenvalue weighted by molar-refractivity contribution is 6.11. The Morgan fingerprint density at radius 2 is 1.21 bits per heavy atom. The molecule has 5 aromatic rings. The fraction of sp³-hybridized carbons (Fsp3) is 0.217. The second-order valence-corrected chi connectivity index (χ2v) is 14.1. The molecule has 58 heavy (non-hydrogen) atoms. The number of amides is 1. The monoisotopic (exact) mass is 778 g/mol. The Labute approximate surface area is 338 Å². The zero-order valence-corrected chi connectivity index (χ0v) is 32.3. The molecule has 12 heteroatoms. The molecule has 1 aliphatic heterocycles. The number of carbonyl (C=O) groups excluding carboxylic acids is 3. The summed E-state index contributed by atoms with van der Waals surface area (Å²) in [5.41, 5.74) is 2.05. The van der Waals surface area contributed by atoms with Crippen LogP contribution in [0.4, 0.5) is 0 Å². The van der Waals surface area contributed by atoms with Crippen molar-refractivity contribution in [1.82, 2.24) is 15.5 Å². The van der Waals surface area contributed by atoms with Gasteiger partial charge in [0, 0.05) is 18.7 Å². The second kappa shape index (κ2) is 19.9. The predicted octanol–water partition coefficient (Wildman–Crippen LogP) is 6.70. The maximum absolute atomic E-state index is 13.9. The van der Waals surface area contributed by atoms with E-state index in [1.807, 2.05) is 78.9 Å². The van der Waals surface area contributed by atoms with Gasteiger partial charge in [-0.2, -0.15) is 0 Å². The lowest BCUT2D eigenvalue weighted by Gasteiger charge is -2.35. The number of hydrogen-bond donors (Lipinski definition) is 3. The molecule has 0 aromatic heterocycles. The third-order valence-corrected chi connectivity index (χ3v) is 9.52. The lowest BCUT2D eigenvalue weighted by molar-refractivity contribution is -0.0344. The minimum Gasteiger partial charge on any atom is -0.459 e. The van der Waals surface area contributed by atoms with Crippen molar-refractivity contribution < 1.29 is 28.6 Å². The van der Waals surface area contributed by atoms with Crippen molar-refractivity contribution in [2.45, 2.75) is 57.0 Å². The number of ether oxygens (including phenoxy) is 3. The highest BCUT2D eigenvalue weighted by Gasteiger charge is 2.50. The maximum atomic E-state index is 13.9. The Kier molecular flexibility index (Phi) is 14.0. The number of rotatable bonds is 16. The van der Waals surface area contributed by atoms with Crippen molar-refractivity contribution in [1.29, 1.82) is 5.41 Å². The first-order valence-electron chi connectivity index (χ1n) is 18.9. The summed E-state index contributed by atoms with van der Waals surface area (Å²) in [7, 11) is 0. The predicted molar refractivity (Wildman–Crippen MR) is 223 cm³/mol. The van der Waals surface area contributed by atoms with Gasteiger partial charge in [-0.1, -0.05) is 115 Å². The molecule has 3 N–H and O–H groups in total. The number of nitrogens with zero attached hydrogens (tertiary/aromatic N) is 3. The first-order chi connectivity index (χ1) is 28.2. The molecule has 6 rings (SSSR count). The Hall–Kier alpha value is -6.76. The van der Waals surface area contributed by atoms with Gasteiger partial charge in [0.15, 0.2) is 12.3 Å². The third kappa shape index (κ3) is 11.0. The largest absolute Gasteiger partial charge is 0.459 e. The van der Waals surface area contributed by atoms with Crippen molar-refractivity contribution >= 4 is 36.4 Å². The van der Waals surface area contributed by atoms with Crippen LogP contribution in [0, 0.1) is 5.41 Å². The summed E-state index contributed by atoms with van der Waals surface area (Å²) < 4.78 is 19.0. The number of amidine groups is 1. The highest BCUT2D eigenvalue weighted by atomic mass is 16.6. The average Bonchev–Trinajstić information content (AvgIpc) is 3.59. The topological polar surface area (TPSA) is 155 Å². The molecule has 0 aliphatic carbocycles. The van der Waals surface area contributed by atoms with E-state index in [9.17, 15) is 14.4 Å². The zero-order valence-electron chi connectivity index (χ0n) is 32.3. The molecule has 1 fully saturated rings. The van der Waals surface area contributed by atoms with Gasteiger partial charge >= 0.3 is 11.9 Å². The summed E-state index contributed by atoms with van der Waals surface area (Å²) >= 11 is 0. The molecule has 0 spiro atoms. The first-order valence-corrected chi connectivity index (χ1v) is 18.9. The molecular weight excluding hydrogens is 733 g/mol. The summed E-state index contributed by atoms with van der Waals surface area (Å²) in [5, 5.41) is 13.7. The Morgan fingerprint density at radius 3 is 1.72 bits per heavy atom. The lowest BCUT2D eigenvalue weighted by atomic mass is 10.0. The molecule has 5 aromatic carbocycles. The molecule has 1 amide bonds. The normalized spacial score (nSPS) is 18.1. The summed E-state index contributed by atoms with van der Waals surface area (Å²) in [6.45, 7) is 4.21. The van der Waals surface area contributed by atoms with Crippen molar-refractivity contribution in [3.63, 3.8) is 0 Å². The van der Waals surface area contributed by atoms with Crippen molar-refractivity contribution in [2.24, 2.45) is 9.98 Å². The van der Waals surface area contributed by atoms with E-state index < -0.39 is 47.9 Å². The molecule has 296 valence electrons. The number of esters is 2. The molecule has 1 heterocycles. The smallest absolute Gasteiger partial charge is 0.338 e. The number of carbonyl (C=O) groups is 3. The van der Waals surface area contributed by atoms with Crippen LogP contribution in [0.2, 0.25) is 0 Å². The minimum absolute atomic E-state index is 0.134. The molecule has 4 unspecified atom stereocenters. The van der Waals surface area contributed by atoms with Crippen molar-refractivity contribution in [3.05, 3.63) is 179 Å². The second-order valence-electron chi connectivity index (χ2n) is 14.1. The fourth-order valence-corrected chi connectivity index (χ4v) is 6.58. The summed E-state index contributed by atoms with van der Waals surface area (Å²) in [5.74, 6) is -1.35. The Balaban J connectivity index is 1.34. The van der Waals surface area contributed by atoms with Crippen LogP contribution in [-0.4, -0.2) is 77.9 Å². The van der Waals surface area contributed by atoms with E-state index in [0.717, 1.165) is 17.5 Å². The van der Waals surface area contributed by atoms with E-state index >= 15 is 0 Å². The Bertz CT molecular complexity index is 2130.